The van der Waals surface area contributed by atoms with E-state index in [9.17, 15) is 9.59 Å². The van der Waals surface area contributed by atoms with Crippen LogP contribution in [0.2, 0.25) is 0 Å². The lowest BCUT2D eigenvalue weighted by Gasteiger charge is -2.48. The Morgan fingerprint density at radius 2 is 1.73 bits per heavy atom. The van der Waals surface area contributed by atoms with Gasteiger partial charge in [0.15, 0.2) is 0 Å². The molecule has 2 heterocycles. The Balaban J connectivity index is 1.50. The van der Waals surface area contributed by atoms with E-state index in [0.717, 1.165) is 25.7 Å². The highest BCUT2D eigenvalue weighted by Gasteiger charge is 2.50. The molecule has 158 valence electrons. The first-order chi connectivity index (χ1) is 14.3. The van der Waals surface area contributed by atoms with Crippen LogP contribution in [0.15, 0.2) is 42.7 Å². The van der Waals surface area contributed by atoms with E-state index in [1.165, 1.54) is 12.5 Å². The SMILES string of the molecule is CC(=O)Nc1ncc(N2CC3(CCC(c4ccccc4)(N(C)C)CC3)NC2=O)cn1. The average Bonchev–Trinajstić information content (AvgIpc) is 3.05. The van der Waals surface area contributed by atoms with E-state index >= 15 is 0 Å². The van der Waals surface area contributed by atoms with Gasteiger partial charge < -0.3 is 5.32 Å². The fourth-order valence-electron chi connectivity index (χ4n) is 4.77. The highest BCUT2D eigenvalue weighted by atomic mass is 16.2. The van der Waals surface area contributed by atoms with Crippen LogP contribution in [0, 0.1) is 0 Å². The summed E-state index contributed by atoms with van der Waals surface area (Å²) >= 11 is 0. The van der Waals surface area contributed by atoms with E-state index in [1.807, 2.05) is 6.07 Å². The van der Waals surface area contributed by atoms with Gasteiger partial charge in [0.2, 0.25) is 11.9 Å². The minimum absolute atomic E-state index is 0.0201. The maximum atomic E-state index is 12.8. The van der Waals surface area contributed by atoms with Crippen molar-refractivity contribution in [2.24, 2.45) is 0 Å². The van der Waals surface area contributed by atoms with Gasteiger partial charge in [-0.3, -0.25) is 19.9 Å². The number of urea groups is 1. The summed E-state index contributed by atoms with van der Waals surface area (Å²) in [7, 11) is 4.27. The number of hydrogen-bond donors (Lipinski definition) is 2. The summed E-state index contributed by atoms with van der Waals surface area (Å²) in [6.07, 6.45) is 6.88. The van der Waals surface area contributed by atoms with Crippen LogP contribution < -0.4 is 15.5 Å². The molecule has 1 saturated heterocycles. The molecule has 1 spiro atoms. The molecular formula is C22H28N6O2. The zero-order valence-corrected chi connectivity index (χ0v) is 17.7. The first kappa shape index (κ1) is 20.3. The number of nitrogens with zero attached hydrogens (tertiary/aromatic N) is 4. The minimum atomic E-state index is -0.248. The molecule has 1 aromatic carbocycles. The highest BCUT2D eigenvalue weighted by Crippen LogP contribution is 2.46. The number of carbonyl (C=O) groups is 2. The summed E-state index contributed by atoms with van der Waals surface area (Å²) in [4.78, 5) is 36.2. The second-order valence-electron chi connectivity index (χ2n) is 8.53. The Morgan fingerprint density at radius 3 is 2.30 bits per heavy atom. The zero-order chi connectivity index (χ0) is 21.4. The van der Waals surface area contributed by atoms with E-state index < -0.39 is 0 Å². The molecule has 0 unspecified atom stereocenters. The van der Waals surface area contributed by atoms with E-state index in [1.54, 1.807) is 17.3 Å². The van der Waals surface area contributed by atoms with Crippen molar-refractivity contribution in [3.8, 4) is 0 Å². The summed E-state index contributed by atoms with van der Waals surface area (Å²) in [6, 6.07) is 10.5. The smallest absolute Gasteiger partial charge is 0.322 e. The maximum absolute atomic E-state index is 12.8. The number of carbonyl (C=O) groups excluding carboxylic acids is 2. The van der Waals surface area contributed by atoms with Crippen LogP contribution >= 0.6 is 0 Å². The van der Waals surface area contributed by atoms with Crippen LogP contribution in [0.3, 0.4) is 0 Å². The van der Waals surface area contributed by atoms with Crippen molar-refractivity contribution in [1.82, 2.24) is 20.2 Å². The molecule has 0 radical (unpaired) electrons. The Bertz CT molecular complexity index is 920. The molecule has 8 heteroatoms. The van der Waals surface area contributed by atoms with Crippen LogP contribution in [-0.2, 0) is 10.3 Å². The third-order valence-corrected chi connectivity index (χ3v) is 6.52. The fourth-order valence-corrected chi connectivity index (χ4v) is 4.77. The molecule has 1 aliphatic heterocycles. The van der Waals surface area contributed by atoms with Crippen molar-refractivity contribution in [3.05, 3.63) is 48.3 Å². The predicted octanol–water partition coefficient (Wildman–Crippen LogP) is 2.73. The Labute approximate surface area is 176 Å². The summed E-state index contributed by atoms with van der Waals surface area (Å²) in [5.41, 5.74) is 1.69. The first-order valence-electron chi connectivity index (χ1n) is 10.3. The van der Waals surface area contributed by atoms with Gasteiger partial charge in [-0.1, -0.05) is 30.3 Å². The molecular weight excluding hydrogens is 380 g/mol. The van der Waals surface area contributed by atoms with Crippen LogP contribution in [0.25, 0.3) is 0 Å². The van der Waals surface area contributed by atoms with Gasteiger partial charge in [0.05, 0.1) is 30.2 Å². The van der Waals surface area contributed by atoms with Gasteiger partial charge in [-0.2, -0.15) is 0 Å². The lowest BCUT2D eigenvalue weighted by molar-refractivity contribution is -0.114. The van der Waals surface area contributed by atoms with Crippen LogP contribution in [0.5, 0.6) is 0 Å². The molecule has 2 fully saturated rings. The molecule has 1 aromatic heterocycles. The molecule has 2 N–H and O–H groups in total. The van der Waals surface area contributed by atoms with Crippen LogP contribution in [0.4, 0.5) is 16.4 Å². The van der Waals surface area contributed by atoms with Gasteiger partial charge in [-0.05, 0) is 45.3 Å². The van der Waals surface area contributed by atoms with E-state index in [0.29, 0.717) is 12.2 Å². The van der Waals surface area contributed by atoms with Gasteiger partial charge in [0, 0.05) is 12.5 Å². The predicted molar refractivity (Wildman–Crippen MR) is 115 cm³/mol. The molecule has 1 saturated carbocycles. The van der Waals surface area contributed by atoms with Gasteiger partial charge >= 0.3 is 6.03 Å². The normalized spacial score (nSPS) is 26.1. The lowest BCUT2D eigenvalue weighted by Crippen LogP contribution is -2.54. The van der Waals surface area contributed by atoms with Crippen LogP contribution in [0.1, 0.15) is 38.2 Å². The van der Waals surface area contributed by atoms with Crippen molar-refractivity contribution in [1.29, 1.82) is 0 Å². The Morgan fingerprint density at radius 1 is 1.10 bits per heavy atom. The first-order valence-corrected chi connectivity index (χ1v) is 10.3. The Kier molecular flexibility index (Phi) is 5.19. The van der Waals surface area contributed by atoms with Crippen molar-refractivity contribution in [2.75, 3.05) is 30.9 Å². The second-order valence-corrected chi connectivity index (χ2v) is 8.53. The molecule has 1 aliphatic carbocycles. The minimum Gasteiger partial charge on any atom is -0.330 e. The monoisotopic (exact) mass is 408 g/mol. The fraction of sp³-hybridized carbons (Fsp3) is 0.455. The van der Waals surface area contributed by atoms with Gasteiger partial charge in [-0.25, -0.2) is 14.8 Å². The van der Waals surface area contributed by atoms with Crippen molar-refractivity contribution in [3.63, 3.8) is 0 Å². The van der Waals surface area contributed by atoms with E-state index in [2.05, 4.69) is 63.9 Å². The van der Waals surface area contributed by atoms with Gasteiger partial charge in [0.1, 0.15) is 0 Å². The largest absolute Gasteiger partial charge is 0.330 e. The van der Waals surface area contributed by atoms with Gasteiger partial charge in [0.25, 0.3) is 0 Å². The second kappa shape index (κ2) is 7.68. The number of anilines is 2. The van der Waals surface area contributed by atoms with Crippen molar-refractivity contribution in [2.45, 2.75) is 43.7 Å². The number of aromatic nitrogens is 2. The zero-order valence-electron chi connectivity index (χ0n) is 17.7. The molecule has 2 aromatic rings. The summed E-state index contributed by atoms with van der Waals surface area (Å²) in [5, 5.41) is 5.78. The molecule has 0 bridgehead atoms. The summed E-state index contributed by atoms with van der Waals surface area (Å²) in [5.74, 6) is 0.00229. The van der Waals surface area contributed by atoms with Crippen molar-refractivity contribution < 1.29 is 9.59 Å². The molecule has 2 aliphatic rings. The van der Waals surface area contributed by atoms with Crippen LogP contribution in [-0.4, -0.2) is 53.0 Å². The quantitative estimate of drug-likeness (QED) is 0.812. The molecule has 4 rings (SSSR count). The third kappa shape index (κ3) is 3.63. The number of nitrogens with one attached hydrogen (secondary N) is 2. The van der Waals surface area contributed by atoms with E-state index in [-0.39, 0.29) is 29.0 Å². The maximum Gasteiger partial charge on any atom is 0.322 e. The molecule has 3 amide bonds. The number of benzene rings is 1. The lowest BCUT2D eigenvalue weighted by atomic mass is 9.69. The summed E-state index contributed by atoms with van der Waals surface area (Å²) in [6.45, 7) is 1.99. The molecule has 0 atom stereocenters. The molecule has 30 heavy (non-hydrogen) atoms. The molecule has 8 nitrogen and oxygen atoms in total. The topological polar surface area (TPSA) is 90.5 Å². The number of rotatable bonds is 4. The standard InChI is InChI=1S/C22H28N6O2/c1-16(29)25-19-23-13-18(14-24-19)28-15-21(26-20(28)30)9-11-22(12-10-21,27(2)3)17-7-5-4-6-8-17/h4-8,13-14H,9-12,15H2,1-3H3,(H,26,30)(H,23,24,25,29). The number of amides is 3. The third-order valence-electron chi connectivity index (χ3n) is 6.52. The Hall–Kier alpha value is -3.00. The highest BCUT2D eigenvalue weighted by molar-refractivity contribution is 5.95. The summed E-state index contributed by atoms with van der Waals surface area (Å²) < 4.78 is 0. The van der Waals surface area contributed by atoms with E-state index in [4.69, 9.17) is 0 Å². The van der Waals surface area contributed by atoms with Crippen molar-refractivity contribution >= 4 is 23.6 Å². The van der Waals surface area contributed by atoms with Gasteiger partial charge in [-0.15, -0.1) is 0 Å². The number of hydrogen-bond acceptors (Lipinski definition) is 5. The average molecular weight is 409 g/mol.